The third kappa shape index (κ3) is 5.57. The Labute approximate surface area is 141 Å². The zero-order valence-corrected chi connectivity index (χ0v) is 14.0. The Kier molecular flexibility index (Phi) is 8.95. The molecular weight excluding hydrogens is 316 g/mol. The number of hydrogen-bond donors (Lipinski definition) is 2. The third-order valence-electron chi connectivity index (χ3n) is 3.08. The normalized spacial score (nSPS) is 10.5. The van der Waals surface area contributed by atoms with Gasteiger partial charge in [-0.3, -0.25) is 19.3 Å². The van der Waals surface area contributed by atoms with Crippen molar-refractivity contribution >= 4 is 11.8 Å². The Morgan fingerprint density at radius 1 is 0.833 bits per heavy atom. The fourth-order valence-electron chi connectivity index (χ4n) is 1.93. The van der Waals surface area contributed by atoms with Crippen LogP contribution in [0.2, 0.25) is 0 Å². The van der Waals surface area contributed by atoms with Crippen LogP contribution in [0.3, 0.4) is 0 Å². The summed E-state index contributed by atoms with van der Waals surface area (Å²) in [6.07, 6.45) is 0. The molecule has 2 N–H and O–H groups in total. The number of hydroxylamine groups is 4. The van der Waals surface area contributed by atoms with Crippen LogP contribution in [0, 0.1) is 0 Å². The van der Waals surface area contributed by atoms with Crippen molar-refractivity contribution < 1.29 is 29.5 Å². The van der Waals surface area contributed by atoms with Gasteiger partial charge in [-0.2, -0.15) is 0 Å². The molecule has 0 spiro atoms. The van der Waals surface area contributed by atoms with Crippen molar-refractivity contribution in [3.8, 4) is 0 Å². The van der Waals surface area contributed by atoms with Crippen LogP contribution in [-0.2, 0) is 9.68 Å². The van der Waals surface area contributed by atoms with Crippen LogP contribution in [0.5, 0.6) is 0 Å². The van der Waals surface area contributed by atoms with Gasteiger partial charge in [0.05, 0.1) is 26.4 Å². The zero-order chi connectivity index (χ0) is 17.9. The van der Waals surface area contributed by atoms with Crippen molar-refractivity contribution in [2.75, 3.05) is 39.5 Å². The smallest absolute Gasteiger partial charge is 0.277 e. The fourth-order valence-corrected chi connectivity index (χ4v) is 1.93. The van der Waals surface area contributed by atoms with E-state index in [-0.39, 0.29) is 38.2 Å². The highest BCUT2D eigenvalue weighted by molar-refractivity contribution is 5.97. The van der Waals surface area contributed by atoms with Crippen molar-refractivity contribution in [3.63, 3.8) is 0 Å². The van der Waals surface area contributed by atoms with Crippen molar-refractivity contribution in [2.45, 2.75) is 13.8 Å². The molecule has 0 bridgehead atoms. The van der Waals surface area contributed by atoms with E-state index in [1.807, 2.05) is 0 Å². The predicted molar refractivity (Wildman–Crippen MR) is 85.9 cm³/mol. The number of amides is 2. The van der Waals surface area contributed by atoms with Gasteiger partial charge in [-0.05, 0) is 38.1 Å². The van der Waals surface area contributed by atoms with Gasteiger partial charge in [0.2, 0.25) is 0 Å². The van der Waals surface area contributed by atoms with Crippen LogP contribution < -0.4 is 0 Å². The van der Waals surface area contributed by atoms with E-state index < -0.39 is 0 Å². The minimum Gasteiger partial charge on any atom is -0.394 e. The second kappa shape index (κ2) is 10.7. The molecule has 0 saturated carbocycles. The average Bonchev–Trinajstić information content (AvgIpc) is 2.62. The number of rotatable bonds is 10. The zero-order valence-electron chi connectivity index (χ0n) is 14.0. The Morgan fingerprint density at radius 2 is 1.17 bits per heavy atom. The highest BCUT2D eigenvalue weighted by atomic mass is 16.7. The van der Waals surface area contributed by atoms with E-state index in [2.05, 4.69) is 0 Å². The first-order chi connectivity index (χ1) is 11.6. The molecule has 24 heavy (non-hydrogen) atoms. The lowest BCUT2D eigenvalue weighted by molar-refractivity contribution is -0.128. The number of aliphatic hydroxyl groups is 2. The summed E-state index contributed by atoms with van der Waals surface area (Å²) in [6, 6.07) is 6.11. The van der Waals surface area contributed by atoms with Gasteiger partial charge in [0, 0.05) is 24.2 Å². The maximum atomic E-state index is 12.3. The van der Waals surface area contributed by atoms with Gasteiger partial charge in [-0.25, -0.2) is 10.1 Å². The van der Waals surface area contributed by atoms with E-state index in [0.29, 0.717) is 24.2 Å². The van der Waals surface area contributed by atoms with E-state index in [0.717, 1.165) is 10.1 Å². The van der Waals surface area contributed by atoms with Crippen molar-refractivity contribution in [3.05, 3.63) is 35.4 Å². The molecule has 0 fully saturated rings. The van der Waals surface area contributed by atoms with E-state index >= 15 is 0 Å². The molecule has 0 heterocycles. The monoisotopic (exact) mass is 340 g/mol. The number of carbonyl (C=O) groups excluding carboxylic acids is 2. The number of nitrogens with zero attached hydrogens (tertiary/aromatic N) is 2. The topological polar surface area (TPSA) is 99.5 Å². The maximum absolute atomic E-state index is 12.3. The highest BCUT2D eigenvalue weighted by Crippen LogP contribution is 2.11. The fraction of sp³-hybridized carbons (Fsp3) is 0.500. The van der Waals surface area contributed by atoms with Gasteiger partial charge in [-0.1, -0.05) is 0 Å². The van der Waals surface area contributed by atoms with Gasteiger partial charge in [-0.15, -0.1) is 0 Å². The molecule has 8 heteroatoms. The quantitative estimate of drug-likeness (QED) is 0.600. The summed E-state index contributed by atoms with van der Waals surface area (Å²) in [6.45, 7) is 3.87. The molecule has 0 atom stereocenters. The molecule has 0 saturated heterocycles. The van der Waals surface area contributed by atoms with Gasteiger partial charge in [0.15, 0.2) is 0 Å². The van der Waals surface area contributed by atoms with Crippen molar-refractivity contribution in [1.29, 1.82) is 0 Å². The number of aliphatic hydroxyl groups excluding tert-OH is 2. The minimum absolute atomic E-state index is 0.0316. The summed E-state index contributed by atoms with van der Waals surface area (Å²) in [5.41, 5.74) is 0.733. The van der Waals surface area contributed by atoms with Crippen LogP contribution in [-0.4, -0.2) is 71.7 Å². The van der Waals surface area contributed by atoms with Crippen LogP contribution in [0.1, 0.15) is 34.6 Å². The minimum atomic E-state index is -0.353. The van der Waals surface area contributed by atoms with E-state index in [1.165, 1.54) is 24.3 Å². The average molecular weight is 340 g/mol. The summed E-state index contributed by atoms with van der Waals surface area (Å²) in [4.78, 5) is 34.8. The Bertz CT molecular complexity index is 473. The standard InChI is InChI=1S/C16H24N2O6/c1-3-17(23-11-9-19)15(21)13-5-7-14(8-6-13)16(22)18(4-2)24-12-10-20/h5-8,19-20H,3-4,9-12H2,1-2H3. The van der Waals surface area contributed by atoms with Gasteiger partial charge >= 0.3 is 0 Å². The van der Waals surface area contributed by atoms with E-state index in [9.17, 15) is 9.59 Å². The SMILES string of the molecule is CCN(OCCO)C(=O)c1ccc(C(=O)N(CC)OCCO)cc1. The summed E-state index contributed by atoms with van der Waals surface area (Å²) >= 11 is 0. The van der Waals surface area contributed by atoms with Crippen LogP contribution in [0.4, 0.5) is 0 Å². The van der Waals surface area contributed by atoms with Gasteiger partial charge in [0.1, 0.15) is 0 Å². The Balaban J connectivity index is 2.80. The van der Waals surface area contributed by atoms with Crippen LogP contribution in [0.15, 0.2) is 24.3 Å². The maximum Gasteiger partial charge on any atom is 0.277 e. The summed E-state index contributed by atoms with van der Waals surface area (Å²) in [5, 5.41) is 19.8. The molecule has 1 aromatic rings. The first-order valence-corrected chi connectivity index (χ1v) is 7.80. The lowest BCUT2D eigenvalue weighted by Gasteiger charge is -2.21. The number of benzene rings is 1. The molecule has 0 aromatic heterocycles. The third-order valence-corrected chi connectivity index (χ3v) is 3.08. The lowest BCUT2D eigenvalue weighted by Crippen LogP contribution is -2.33. The number of hydrogen-bond acceptors (Lipinski definition) is 6. The molecule has 0 aliphatic carbocycles. The van der Waals surface area contributed by atoms with Gasteiger partial charge < -0.3 is 10.2 Å². The molecule has 0 radical (unpaired) electrons. The molecule has 1 rings (SSSR count). The Morgan fingerprint density at radius 3 is 1.42 bits per heavy atom. The van der Waals surface area contributed by atoms with E-state index in [1.54, 1.807) is 13.8 Å². The second-order valence-corrected chi connectivity index (χ2v) is 4.69. The molecule has 0 aliphatic rings. The summed E-state index contributed by atoms with van der Waals surface area (Å²) in [7, 11) is 0. The van der Waals surface area contributed by atoms with Gasteiger partial charge in [0.25, 0.3) is 11.8 Å². The van der Waals surface area contributed by atoms with Crippen molar-refractivity contribution in [1.82, 2.24) is 10.1 Å². The van der Waals surface area contributed by atoms with Crippen LogP contribution in [0.25, 0.3) is 0 Å². The van der Waals surface area contributed by atoms with Crippen molar-refractivity contribution in [2.24, 2.45) is 0 Å². The molecule has 0 unspecified atom stereocenters. The predicted octanol–water partition coefficient (Wildman–Crippen LogP) is 0.459. The lowest BCUT2D eigenvalue weighted by atomic mass is 10.1. The molecule has 8 nitrogen and oxygen atoms in total. The summed E-state index contributed by atoms with van der Waals surface area (Å²) in [5.74, 6) is -0.706. The first-order valence-electron chi connectivity index (χ1n) is 7.80. The molecule has 1 aromatic carbocycles. The first kappa shape index (κ1) is 20.0. The highest BCUT2D eigenvalue weighted by Gasteiger charge is 2.18. The van der Waals surface area contributed by atoms with Crippen LogP contribution >= 0.6 is 0 Å². The second-order valence-electron chi connectivity index (χ2n) is 4.69. The van der Waals surface area contributed by atoms with E-state index in [4.69, 9.17) is 19.9 Å². The summed E-state index contributed by atoms with van der Waals surface area (Å²) < 4.78 is 0. The molecule has 134 valence electrons. The molecule has 2 amide bonds. The number of carbonyl (C=O) groups is 2. The molecule has 0 aliphatic heterocycles. The Hall–Kier alpha value is -2.00. The largest absolute Gasteiger partial charge is 0.394 e. The molecular formula is C16H24N2O6.